The van der Waals surface area contributed by atoms with Crippen LogP contribution in [0, 0.1) is 0 Å². The van der Waals surface area contributed by atoms with Crippen LogP contribution in [0.3, 0.4) is 0 Å². The van der Waals surface area contributed by atoms with E-state index in [1.807, 2.05) is 13.8 Å². The molecule has 0 radical (unpaired) electrons. The lowest BCUT2D eigenvalue weighted by Gasteiger charge is -2.13. The average Bonchev–Trinajstić information content (AvgIpc) is 3.05. The maximum absolute atomic E-state index is 12.6. The van der Waals surface area contributed by atoms with E-state index in [-0.39, 0.29) is 23.3 Å². The summed E-state index contributed by atoms with van der Waals surface area (Å²) < 4.78 is 22.9. The Morgan fingerprint density at radius 3 is 2.50 bits per heavy atom. The van der Waals surface area contributed by atoms with Gasteiger partial charge in [0.05, 0.1) is 12.3 Å². The normalized spacial score (nSPS) is 11.4. The summed E-state index contributed by atoms with van der Waals surface area (Å²) >= 11 is 6.94. The van der Waals surface area contributed by atoms with E-state index in [0.717, 1.165) is 17.4 Å². The molecule has 0 spiro atoms. The first kappa shape index (κ1) is 22.1. The van der Waals surface area contributed by atoms with E-state index in [1.165, 1.54) is 18.3 Å². The first-order valence-corrected chi connectivity index (χ1v) is 11.2. The van der Waals surface area contributed by atoms with Crippen LogP contribution in [0.1, 0.15) is 24.2 Å². The summed E-state index contributed by atoms with van der Waals surface area (Å²) in [6.07, 6.45) is 1.27. The second-order valence-corrected chi connectivity index (χ2v) is 9.37. The van der Waals surface area contributed by atoms with Gasteiger partial charge in [-0.1, -0.05) is 22.9 Å². The van der Waals surface area contributed by atoms with Crippen molar-refractivity contribution in [2.75, 3.05) is 5.32 Å². The zero-order valence-corrected chi connectivity index (χ0v) is 18.1. The van der Waals surface area contributed by atoms with Gasteiger partial charge in [0.2, 0.25) is 5.88 Å². The third-order valence-electron chi connectivity index (χ3n) is 3.36. The molecule has 0 aliphatic rings. The Morgan fingerprint density at radius 1 is 1.20 bits per heavy atom. The van der Waals surface area contributed by atoms with Crippen LogP contribution < -0.4 is 20.2 Å². The Kier molecular flexibility index (Phi) is 6.69. The third-order valence-corrected chi connectivity index (χ3v) is 5.22. The molecule has 0 fully saturated rings. The van der Waals surface area contributed by atoms with Gasteiger partial charge in [-0.3, -0.25) is 14.7 Å². The van der Waals surface area contributed by atoms with Crippen LogP contribution >= 0.6 is 30.5 Å². The van der Waals surface area contributed by atoms with Crippen LogP contribution in [0.2, 0.25) is 4.34 Å². The number of anilines is 1. The summed E-state index contributed by atoms with van der Waals surface area (Å²) in [6.45, 7) is 3.66. The summed E-state index contributed by atoms with van der Waals surface area (Å²) in [6, 6.07) is 6.91. The molecule has 3 N–H and O–H groups in total. The summed E-state index contributed by atoms with van der Waals surface area (Å²) in [5.41, 5.74) is -0.247. The highest BCUT2D eigenvalue weighted by Gasteiger charge is 2.20. The quantitative estimate of drug-likeness (QED) is 0.443. The first-order valence-electron chi connectivity index (χ1n) is 8.42. The molecular formula is C17H16ClN4O6PS. The molecule has 2 heterocycles. The Hall–Kier alpha value is -2.56. The van der Waals surface area contributed by atoms with Gasteiger partial charge in [-0.25, -0.2) is 4.98 Å². The number of hydrogen-bond donors (Lipinski definition) is 3. The largest absolute Gasteiger partial charge is 0.491 e. The lowest BCUT2D eigenvalue weighted by molar-refractivity contribution is 0.102. The zero-order chi connectivity index (χ0) is 21.9. The molecule has 0 atom stereocenters. The van der Waals surface area contributed by atoms with E-state index in [1.54, 1.807) is 12.1 Å². The number of aromatic nitrogens is 3. The molecule has 0 bridgehead atoms. The Bertz CT molecular complexity index is 1100. The summed E-state index contributed by atoms with van der Waals surface area (Å²) in [7, 11) is -4.51. The van der Waals surface area contributed by atoms with Gasteiger partial charge in [0.25, 0.3) is 5.91 Å². The van der Waals surface area contributed by atoms with Crippen molar-refractivity contribution in [3.63, 3.8) is 0 Å². The number of amides is 1. The Balaban J connectivity index is 1.86. The standard InChI is InChI=1S/C17H16ClN4O6PS/c1-9(2)27-11-5-10(16(23)20-17-19-8-13(18)30-17)6-12(7-11)28-14-3-4-15(22-21-14)29(24,25)26/h3-9H,1-2H3,(H,19,20,23)(H2,24,25,26). The molecule has 1 aromatic carbocycles. The van der Waals surface area contributed by atoms with Crippen LogP contribution in [0.25, 0.3) is 0 Å². The number of thiazole rings is 1. The fourth-order valence-electron chi connectivity index (χ4n) is 2.23. The summed E-state index contributed by atoms with van der Waals surface area (Å²) in [4.78, 5) is 34.8. The fraction of sp³-hybridized carbons (Fsp3) is 0.176. The van der Waals surface area contributed by atoms with Crippen LogP contribution in [0.5, 0.6) is 17.4 Å². The number of rotatable bonds is 7. The minimum Gasteiger partial charge on any atom is -0.491 e. The van der Waals surface area contributed by atoms with Crippen LogP contribution in [-0.2, 0) is 4.57 Å². The second-order valence-electron chi connectivity index (χ2n) is 6.16. The minimum absolute atomic E-state index is 0.0213. The van der Waals surface area contributed by atoms with E-state index in [9.17, 15) is 9.36 Å². The van der Waals surface area contributed by atoms with Crippen molar-refractivity contribution >= 4 is 47.0 Å². The number of hydrogen-bond acceptors (Lipinski definition) is 8. The SMILES string of the molecule is CC(C)Oc1cc(Oc2ccc(P(=O)(O)O)nn2)cc(C(=O)Nc2ncc(Cl)s2)c1. The highest BCUT2D eigenvalue weighted by atomic mass is 35.5. The predicted octanol–water partition coefficient (Wildman–Crippen LogP) is 3.22. The molecule has 0 unspecified atom stereocenters. The van der Waals surface area contributed by atoms with Gasteiger partial charge in [0, 0.05) is 17.7 Å². The number of benzene rings is 1. The molecule has 3 aromatic rings. The molecule has 0 saturated carbocycles. The molecule has 0 aliphatic heterocycles. The maximum atomic E-state index is 12.6. The molecule has 2 aromatic heterocycles. The maximum Gasteiger partial charge on any atom is 0.376 e. The number of nitrogens with zero attached hydrogens (tertiary/aromatic N) is 3. The molecule has 3 rings (SSSR count). The molecule has 10 nitrogen and oxygen atoms in total. The van der Waals surface area contributed by atoms with Gasteiger partial charge in [0.15, 0.2) is 10.6 Å². The predicted molar refractivity (Wildman–Crippen MR) is 111 cm³/mol. The van der Waals surface area contributed by atoms with Gasteiger partial charge >= 0.3 is 7.60 Å². The van der Waals surface area contributed by atoms with Crippen molar-refractivity contribution in [2.45, 2.75) is 20.0 Å². The van der Waals surface area contributed by atoms with E-state index >= 15 is 0 Å². The smallest absolute Gasteiger partial charge is 0.376 e. The lowest BCUT2D eigenvalue weighted by Crippen LogP contribution is -2.13. The number of carbonyl (C=O) groups is 1. The van der Waals surface area contributed by atoms with Gasteiger partial charge in [-0.15, -0.1) is 10.2 Å². The van der Waals surface area contributed by atoms with Gasteiger partial charge in [-0.05, 0) is 32.0 Å². The van der Waals surface area contributed by atoms with E-state index in [0.29, 0.717) is 15.2 Å². The highest BCUT2D eigenvalue weighted by molar-refractivity contribution is 7.59. The minimum atomic E-state index is -4.51. The average molecular weight is 471 g/mol. The number of halogens is 1. The van der Waals surface area contributed by atoms with Crippen molar-refractivity contribution in [1.82, 2.24) is 15.2 Å². The number of nitrogens with one attached hydrogen (secondary N) is 1. The molecule has 1 amide bonds. The zero-order valence-electron chi connectivity index (χ0n) is 15.6. The van der Waals surface area contributed by atoms with E-state index < -0.39 is 18.9 Å². The Morgan fingerprint density at radius 2 is 1.93 bits per heavy atom. The van der Waals surface area contributed by atoms with Gasteiger partial charge < -0.3 is 19.3 Å². The second kappa shape index (κ2) is 9.07. The highest BCUT2D eigenvalue weighted by Crippen LogP contribution is 2.32. The van der Waals surface area contributed by atoms with Crippen molar-refractivity contribution in [3.8, 4) is 17.4 Å². The molecule has 158 valence electrons. The van der Waals surface area contributed by atoms with E-state index in [4.69, 9.17) is 30.9 Å². The van der Waals surface area contributed by atoms with Crippen molar-refractivity contribution < 1.29 is 28.6 Å². The lowest BCUT2D eigenvalue weighted by atomic mass is 10.2. The summed E-state index contributed by atoms with van der Waals surface area (Å²) in [5.74, 6) is 0.119. The monoisotopic (exact) mass is 470 g/mol. The third kappa shape index (κ3) is 5.97. The molecule has 0 saturated heterocycles. The van der Waals surface area contributed by atoms with Crippen LogP contribution in [0.4, 0.5) is 5.13 Å². The van der Waals surface area contributed by atoms with Crippen molar-refractivity contribution in [2.24, 2.45) is 0 Å². The van der Waals surface area contributed by atoms with Crippen LogP contribution in [0.15, 0.2) is 36.5 Å². The first-order chi connectivity index (χ1) is 14.1. The Labute approximate surface area is 180 Å². The molecule has 0 aliphatic carbocycles. The van der Waals surface area contributed by atoms with Gasteiger partial charge in [-0.2, -0.15) is 0 Å². The summed E-state index contributed by atoms with van der Waals surface area (Å²) in [5, 5.41) is 10.1. The topological polar surface area (TPSA) is 144 Å². The number of carbonyl (C=O) groups excluding carboxylic acids is 1. The fourth-order valence-corrected chi connectivity index (χ4v) is 3.46. The van der Waals surface area contributed by atoms with Crippen LogP contribution in [-0.4, -0.2) is 37.0 Å². The number of ether oxygens (including phenoxy) is 2. The molecular weight excluding hydrogens is 455 g/mol. The molecule has 13 heteroatoms. The van der Waals surface area contributed by atoms with Crippen molar-refractivity contribution in [1.29, 1.82) is 0 Å². The van der Waals surface area contributed by atoms with Crippen molar-refractivity contribution in [3.05, 3.63) is 46.4 Å². The van der Waals surface area contributed by atoms with Gasteiger partial charge in [0.1, 0.15) is 15.8 Å². The van der Waals surface area contributed by atoms with E-state index in [2.05, 4.69) is 20.5 Å². The molecule has 30 heavy (non-hydrogen) atoms.